The SMILES string of the molecule is CCOc1ccc(C(=O)NCC(=O)N2CCN(c3cc(C#N)ccn3)CC2)cc1. The molecular weight excluding hydrogens is 370 g/mol. The number of rotatable bonds is 6. The van der Waals surface area contributed by atoms with E-state index in [1.54, 1.807) is 47.5 Å². The first-order valence-electron chi connectivity index (χ1n) is 9.50. The summed E-state index contributed by atoms with van der Waals surface area (Å²) in [5.41, 5.74) is 1.04. The molecule has 2 amide bonds. The Hall–Kier alpha value is -3.60. The minimum absolute atomic E-state index is 0.0474. The maximum absolute atomic E-state index is 12.4. The average molecular weight is 393 g/mol. The van der Waals surface area contributed by atoms with Crippen LogP contribution >= 0.6 is 0 Å². The van der Waals surface area contributed by atoms with Crippen LogP contribution in [0.3, 0.4) is 0 Å². The molecule has 0 aliphatic carbocycles. The monoisotopic (exact) mass is 393 g/mol. The van der Waals surface area contributed by atoms with Gasteiger partial charge in [-0.05, 0) is 43.3 Å². The smallest absolute Gasteiger partial charge is 0.251 e. The molecular formula is C21H23N5O3. The van der Waals surface area contributed by atoms with E-state index in [-0.39, 0.29) is 18.4 Å². The van der Waals surface area contributed by atoms with Crippen molar-refractivity contribution in [3.63, 3.8) is 0 Å². The first-order valence-corrected chi connectivity index (χ1v) is 9.50. The molecule has 2 heterocycles. The van der Waals surface area contributed by atoms with Gasteiger partial charge in [0.05, 0.1) is 24.8 Å². The molecule has 0 unspecified atom stereocenters. The number of ether oxygens (including phenoxy) is 1. The number of pyridine rings is 1. The molecule has 1 aliphatic rings. The van der Waals surface area contributed by atoms with Crippen LogP contribution in [0.2, 0.25) is 0 Å². The van der Waals surface area contributed by atoms with Crippen molar-refractivity contribution in [2.45, 2.75) is 6.92 Å². The van der Waals surface area contributed by atoms with Crippen LogP contribution in [-0.4, -0.2) is 61.0 Å². The van der Waals surface area contributed by atoms with Crippen molar-refractivity contribution < 1.29 is 14.3 Å². The number of carbonyl (C=O) groups is 2. The van der Waals surface area contributed by atoms with Crippen molar-refractivity contribution in [2.75, 3.05) is 44.2 Å². The predicted octanol–water partition coefficient (Wildman–Crippen LogP) is 1.43. The fourth-order valence-corrected chi connectivity index (χ4v) is 3.08. The topological polar surface area (TPSA) is 98.6 Å². The van der Waals surface area contributed by atoms with Gasteiger partial charge in [0.2, 0.25) is 5.91 Å². The zero-order chi connectivity index (χ0) is 20.6. The summed E-state index contributed by atoms with van der Waals surface area (Å²) in [7, 11) is 0. The van der Waals surface area contributed by atoms with E-state index in [4.69, 9.17) is 10.00 Å². The standard InChI is InChI=1S/C21H23N5O3/c1-2-29-18-5-3-17(4-6-18)21(28)24-15-20(27)26-11-9-25(10-12-26)19-13-16(14-22)7-8-23-19/h3-8,13H,2,9-12,15H2,1H3,(H,24,28). The van der Waals surface area contributed by atoms with Gasteiger partial charge in [0.15, 0.2) is 0 Å². The summed E-state index contributed by atoms with van der Waals surface area (Å²) in [6, 6.07) is 12.3. The molecule has 1 aliphatic heterocycles. The van der Waals surface area contributed by atoms with Crippen molar-refractivity contribution in [1.82, 2.24) is 15.2 Å². The molecule has 3 rings (SSSR count). The van der Waals surface area contributed by atoms with E-state index >= 15 is 0 Å². The second-order valence-corrected chi connectivity index (χ2v) is 6.52. The van der Waals surface area contributed by atoms with Crippen LogP contribution in [0.4, 0.5) is 5.82 Å². The van der Waals surface area contributed by atoms with Crippen molar-refractivity contribution in [3.05, 3.63) is 53.7 Å². The van der Waals surface area contributed by atoms with Crippen molar-refractivity contribution in [3.8, 4) is 11.8 Å². The van der Waals surface area contributed by atoms with Gasteiger partial charge >= 0.3 is 0 Å². The maximum atomic E-state index is 12.4. The van der Waals surface area contributed by atoms with E-state index in [2.05, 4.69) is 16.4 Å². The van der Waals surface area contributed by atoms with Crippen LogP contribution < -0.4 is 15.0 Å². The molecule has 0 spiro atoms. The number of piperazine rings is 1. The Morgan fingerprint density at radius 3 is 2.55 bits per heavy atom. The van der Waals surface area contributed by atoms with Gasteiger partial charge in [-0.25, -0.2) is 4.98 Å². The number of hydrogen-bond donors (Lipinski definition) is 1. The second kappa shape index (κ2) is 9.55. The highest BCUT2D eigenvalue weighted by atomic mass is 16.5. The Bertz CT molecular complexity index is 899. The number of benzene rings is 1. The second-order valence-electron chi connectivity index (χ2n) is 6.52. The lowest BCUT2D eigenvalue weighted by Gasteiger charge is -2.35. The quantitative estimate of drug-likeness (QED) is 0.797. The number of hydrogen-bond acceptors (Lipinski definition) is 6. The third-order valence-electron chi connectivity index (χ3n) is 4.66. The summed E-state index contributed by atoms with van der Waals surface area (Å²) in [4.78, 5) is 32.7. The molecule has 2 aromatic rings. The molecule has 150 valence electrons. The Balaban J connectivity index is 1.47. The van der Waals surface area contributed by atoms with E-state index < -0.39 is 0 Å². The fourth-order valence-electron chi connectivity index (χ4n) is 3.08. The van der Waals surface area contributed by atoms with E-state index in [0.717, 1.165) is 5.82 Å². The number of aromatic nitrogens is 1. The maximum Gasteiger partial charge on any atom is 0.251 e. The van der Waals surface area contributed by atoms with Gasteiger partial charge in [-0.3, -0.25) is 9.59 Å². The van der Waals surface area contributed by atoms with Gasteiger partial charge in [0.1, 0.15) is 11.6 Å². The average Bonchev–Trinajstić information content (AvgIpc) is 2.78. The summed E-state index contributed by atoms with van der Waals surface area (Å²) >= 11 is 0. The van der Waals surface area contributed by atoms with Crippen LogP contribution in [0.5, 0.6) is 5.75 Å². The lowest BCUT2D eigenvalue weighted by atomic mass is 10.2. The number of nitrogens with zero attached hydrogens (tertiary/aromatic N) is 4. The minimum Gasteiger partial charge on any atom is -0.494 e. The zero-order valence-corrected chi connectivity index (χ0v) is 16.3. The van der Waals surface area contributed by atoms with E-state index in [0.29, 0.717) is 49.7 Å². The number of nitriles is 1. The van der Waals surface area contributed by atoms with Gasteiger partial charge in [-0.1, -0.05) is 0 Å². The molecule has 1 saturated heterocycles. The molecule has 1 aromatic carbocycles. The lowest BCUT2D eigenvalue weighted by molar-refractivity contribution is -0.130. The lowest BCUT2D eigenvalue weighted by Crippen LogP contribution is -2.51. The number of nitrogens with one attached hydrogen (secondary N) is 1. The molecule has 29 heavy (non-hydrogen) atoms. The fraction of sp³-hybridized carbons (Fsp3) is 0.333. The summed E-state index contributed by atoms with van der Waals surface area (Å²) in [6.45, 7) is 4.74. The molecule has 8 heteroatoms. The highest BCUT2D eigenvalue weighted by Crippen LogP contribution is 2.15. The van der Waals surface area contributed by atoms with Gasteiger partial charge in [-0.15, -0.1) is 0 Å². The van der Waals surface area contributed by atoms with Crippen LogP contribution in [0.15, 0.2) is 42.6 Å². The van der Waals surface area contributed by atoms with Crippen LogP contribution in [0.25, 0.3) is 0 Å². The summed E-state index contributed by atoms with van der Waals surface area (Å²) < 4.78 is 5.35. The summed E-state index contributed by atoms with van der Waals surface area (Å²) in [5, 5.41) is 11.7. The highest BCUT2D eigenvalue weighted by molar-refractivity contribution is 5.96. The largest absolute Gasteiger partial charge is 0.494 e. The van der Waals surface area contributed by atoms with Gasteiger partial charge in [-0.2, -0.15) is 5.26 Å². The van der Waals surface area contributed by atoms with E-state index in [1.807, 2.05) is 11.8 Å². The molecule has 0 atom stereocenters. The number of anilines is 1. The van der Waals surface area contributed by atoms with Crippen molar-refractivity contribution in [2.24, 2.45) is 0 Å². The highest BCUT2D eigenvalue weighted by Gasteiger charge is 2.22. The third kappa shape index (κ3) is 5.23. The molecule has 8 nitrogen and oxygen atoms in total. The van der Waals surface area contributed by atoms with Crippen LogP contribution in [0, 0.1) is 11.3 Å². The molecule has 1 aromatic heterocycles. The van der Waals surface area contributed by atoms with Crippen LogP contribution in [-0.2, 0) is 4.79 Å². The van der Waals surface area contributed by atoms with E-state index in [9.17, 15) is 9.59 Å². The number of amides is 2. The normalized spacial score (nSPS) is 13.5. The van der Waals surface area contributed by atoms with Gasteiger partial charge in [0, 0.05) is 37.9 Å². The Morgan fingerprint density at radius 2 is 1.90 bits per heavy atom. The molecule has 0 radical (unpaired) electrons. The van der Waals surface area contributed by atoms with E-state index in [1.165, 1.54) is 0 Å². The third-order valence-corrected chi connectivity index (χ3v) is 4.66. The Kier molecular flexibility index (Phi) is 6.63. The summed E-state index contributed by atoms with van der Waals surface area (Å²) in [5.74, 6) is 1.02. The molecule has 1 fully saturated rings. The first kappa shape index (κ1) is 20.1. The van der Waals surface area contributed by atoms with Crippen molar-refractivity contribution >= 4 is 17.6 Å². The zero-order valence-electron chi connectivity index (χ0n) is 16.3. The minimum atomic E-state index is -0.294. The predicted molar refractivity (Wildman–Crippen MR) is 108 cm³/mol. The Labute approximate surface area is 169 Å². The van der Waals surface area contributed by atoms with Crippen molar-refractivity contribution in [1.29, 1.82) is 5.26 Å². The summed E-state index contributed by atoms with van der Waals surface area (Å²) in [6.07, 6.45) is 1.61. The Morgan fingerprint density at radius 1 is 1.17 bits per heavy atom. The first-order chi connectivity index (χ1) is 14.1. The van der Waals surface area contributed by atoms with Crippen LogP contribution in [0.1, 0.15) is 22.8 Å². The molecule has 1 N–H and O–H groups in total. The number of carbonyl (C=O) groups excluding carboxylic acids is 2. The van der Waals surface area contributed by atoms with Gasteiger partial charge < -0.3 is 19.9 Å². The molecule has 0 saturated carbocycles. The van der Waals surface area contributed by atoms with Gasteiger partial charge in [0.25, 0.3) is 5.91 Å². The molecule has 0 bridgehead atoms.